The number of anilines is 1. The molecule has 0 unspecified atom stereocenters. The molecule has 1 heterocycles. The summed E-state index contributed by atoms with van der Waals surface area (Å²) in [6, 6.07) is 1.15. The highest BCUT2D eigenvalue weighted by Crippen LogP contribution is 2.39. The first-order chi connectivity index (χ1) is 10.1. The number of ether oxygens (including phenoxy) is 1. The first-order valence-electron chi connectivity index (χ1n) is 6.90. The zero-order chi connectivity index (χ0) is 15.0. The van der Waals surface area contributed by atoms with Crippen LogP contribution in [0, 0.1) is 5.82 Å². The lowest BCUT2D eigenvalue weighted by Gasteiger charge is -2.27. The minimum atomic E-state index is -0.694. The van der Waals surface area contributed by atoms with Crippen LogP contribution in [0.15, 0.2) is 6.07 Å². The number of fused-ring (bicyclic) bond motifs is 1. The SMILES string of the molecule is COc1cc(O)c(F)c2sc(N[C@H]3CCCC[C@@H]3O)nc12. The number of aromatic hydroxyl groups is 1. The summed E-state index contributed by atoms with van der Waals surface area (Å²) < 4.78 is 19.3. The molecule has 1 aromatic carbocycles. The molecular formula is C14H17FN2O3S. The number of hydrogen-bond acceptors (Lipinski definition) is 6. The molecule has 0 radical (unpaired) electrons. The van der Waals surface area contributed by atoms with E-state index in [0.29, 0.717) is 16.4 Å². The molecule has 114 valence electrons. The summed E-state index contributed by atoms with van der Waals surface area (Å²) in [6.07, 6.45) is 3.29. The highest BCUT2D eigenvalue weighted by atomic mass is 32.1. The number of halogens is 1. The molecule has 0 aliphatic heterocycles. The van der Waals surface area contributed by atoms with Crippen molar-refractivity contribution in [1.29, 1.82) is 0 Å². The summed E-state index contributed by atoms with van der Waals surface area (Å²) in [4.78, 5) is 4.33. The van der Waals surface area contributed by atoms with Crippen molar-refractivity contribution >= 4 is 26.7 Å². The van der Waals surface area contributed by atoms with E-state index in [4.69, 9.17) is 4.74 Å². The van der Waals surface area contributed by atoms with Crippen LogP contribution in [0.2, 0.25) is 0 Å². The fourth-order valence-electron chi connectivity index (χ4n) is 2.66. The number of nitrogens with one attached hydrogen (secondary N) is 1. The van der Waals surface area contributed by atoms with Crippen LogP contribution in [-0.2, 0) is 0 Å². The van der Waals surface area contributed by atoms with Gasteiger partial charge < -0.3 is 20.3 Å². The van der Waals surface area contributed by atoms with Crippen LogP contribution in [0.1, 0.15) is 25.7 Å². The maximum absolute atomic E-state index is 14.0. The van der Waals surface area contributed by atoms with Gasteiger partial charge in [-0.05, 0) is 12.8 Å². The van der Waals surface area contributed by atoms with Gasteiger partial charge in [0, 0.05) is 6.07 Å². The Morgan fingerprint density at radius 3 is 2.90 bits per heavy atom. The van der Waals surface area contributed by atoms with Gasteiger partial charge in [0.15, 0.2) is 16.7 Å². The molecule has 3 N–H and O–H groups in total. The molecule has 3 rings (SSSR count). The number of aliphatic hydroxyl groups is 1. The lowest BCUT2D eigenvalue weighted by molar-refractivity contribution is 0.116. The Morgan fingerprint density at radius 2 is 2.19 bits per heavy atom. The molecule has 5 nitrogen and oxygen atoms in total. The number of thiazole rings is 1. The number of rotatable bonds is 3. The number of nitrogens with zero attached hydrogens (tertiary/aromatic N) is 1. The van der Waals surface area contributed by atoms with E-state index < -0.39 is 17.7 Å². The quantitative estimate of drug-likeness (QED) is 0.812. The van der Waals surface area contributed by atoms with Crippen LogP contribution in [0.5, 0.6) is 11.5 Å². The van der Waals surface area contributed by atoms with E-state index in [-0.39, 0.29) is 10.7 Å². The highest BCUT2D eigenvalue weighted by molar-refractivity contribution is 7.22. The third-order valence-corrected chi connectivity index (χ3v) is 4.79. The molecule has 1 aliphatic carbocycles. The lowest BCUT2D eigenvalue weighted by Crippen LogP contribution is -2.36. The van der Waals surface area contributed by atoms with Crippen LogP contribution in [0.25, 0.3) is 10.2 Å². The second-order valence-electron chi connectivity index (χ2n) is 5.21. The van der Waals surface area contributed by atoms with Gasteiger partial charge in [0.2, 0.25) is 0 Å². The standard InChI is InChI=1S/C14H17FN2O3S/c1-20-10-6-9(19)11(15)13-12(10)17-14(21-13)16-7-4-2-3-5-8(7)18/h6-8,18-19H,2-5H2,1H3,(H,16,17)/t7-,8-/m0/s1. The molecule has 1 fully saturated rings. The second kappa shape index (κ2) is 5.65. The molecule has 2 atom stereocenters. The first kappa shape index (κ1) is 14.3. The monoisotopic (exact) mass is 312 g/mol. The number of aliphatic hydroxyl groups excluding tert-OH is 1. The van der Waals surface area contributed by atoms with Crippen LogP contribution in [0.4, 0.5) is 9.52 Å². The molecule has 1 aromatic heterocycles. The van der Waals surface area contributed by atoms with Crippen molar-refractivity contribution < 1.29 is 19.3 Å². The molecule has 1 saturated carbocycles. The fraction of sp³-hybridized carbons (Fsp3) is 0.500. The van der Waals surface area contributed by atoms with E-state index in [2.05, 4.69) is 10.3 Å². The highest BCUT2D eigenvalue weighted by Gasteiger charge is 2.25. The minimum absolute atomic E-state index is 0.0676. The Balaban J connectivity index is 1.95. The normalized spacial score (nSPS) is 22.4. The molecule has 7 heteroatoms. The number of hydrogen-bond donors (Lipinski definition) is 3. The van der Waals surface area contributed by atoms with E-state index in [9.17, 15) is 14.6 Å². The lowest BCUT2D eigenvalue weighted by atomic mass is 9.93. The van der Waals surface area contributed by atoms with E-state index in [0.717, 1.165) is 37.0 Å². The predicted molar refractivity (Wildman–Crippen MR) is 79.7 cm³/mol. The van der Waals surface area contributed by atoms with Crippen LogP contribution in [-0.4, -0.2) is 34.5 Å². The molecule has 21 heavy (non-hydrogen) atoms. The first-order valence-corrected chi connectivity index (χ1v) is 7.72. The zero-order valence-electron chi connectivity index (χ0n) is 11.6. The van der Waals surface area contributed by atoms with Crippen LogP contribution < -0.4 is 10.1 Å². The van der Waals surface area contributed by atoms with Crippen LogP contribution in [0.3, 0.4) is 0 Å². The van der Waals surface area contributed by atoms with Crippen molar-refractivity contribution in [2.24, 2.45) is 0 Å². The van der Waals surface area contributed by atoms with Crippen molar-refractivity contribution in [1.82, 2.24) is 4.98 Å². The maximum Gasteiger partial charge on any atom is 0.184 e. The van der Waals surface area contributed by atoms with Gasteiger partial charge in [-0.1, -0.05) is 24.2 Å². The van der Waals surface area contributed by atoms with Gasteiger partial charge in [0.1, 0.15) is 11.3 Å². The third-order valence-electron chi connectivity index (χ3n) is 3.81. The van der Waals surface area contributed by atoms with Gasteiger partial charge >= 0.3 is 0 Å². The minimum Gasteiger partial charge on any atom is -0.505 e. The van der Waals surface area contributed by atoms with Gasteiger partial charge in [-0.2, -0.15) is 0 Å². The second-order valence-corrected chi connectivity index (χ2v) is 6.21. The van der Waals surface area contributed by atoms with Gasteiger partial charge in [-0.25, -0.2) is 9.37 Å². The average Bonchev–Trinajstić information content (AvgIpc) is 2.89. The van der Waals surface area contributed by atoms with Crippen molar-refractivity contribution in [3.8, 4) is 11.5 Å². The number of phenolic OH excluding ortho intramolecular Hbond substituents is 1. The summed E-state index contributed by atoms with van der Waals surface area (Å²) in [5.41, 5.74) is 0.380. The molecule has 1 aliphatic rings. The van der Waals surface area contributed by atoms with Gasteiger partial charge in [-0.3, -0.25) is 0 Å². The molecule has 0 bridgehead atoms. The van der Waals surface area contributed by atoms with Gasteiger partial charge in [-0.15, -0.1) is 0 Å². The predicted octanol–water partition coefficient (Wildman–Crippen LogP) is 2.87. The number of benzene rings is 1. The molecular weight excluding hydrogens is 295 g/mol. The Morgan fingerprint density at radius 1 is 1.43 bits per heavy atom. The van der Waals surface area contributed by atoms with Crippen molar-refractivity contribution in [3.63, 3.8) is 0 Å². The van der Waals surface area contributed by atoms with E-state index in [1.807, 2.05) is 0 Å². The van der Waals surface area contributed by atoms with E-state index >= 15 is 0 Å². The average molecular weight is 312 g/mol. The smallest absolute Gasteiger partial charge is 0.184 e. The topological polar surface area (TPSA) is 74.6 Å². The van der Waals surface area contributed by atoms with E-state index in [1.54, 1.807) is 0 Å². The van der Waals surface area contributed by atoms with E-state index in [1.165, 1.54) is 13.2 Å². The Hall–Kier alpha value is -1.60. The van der Waals surface area contributed by atoms with Crippen LogP contribution >= 0.6 is 11.3 Å². The Kier molecular flexibility index (Phi) is 3.86. The maximum atomic E-state index is 14.0. The molecule has 2 aromatic rings. The summed E-state index contributed by atoms with van der Waals surface area (Å²) in [5, 5.41) is 23.2. The number of aromatic nitrogens is 1. The summed E-state index contributed by atoms with van der Waals surface area (Å²) in [7, 11) is 1.45. The van der Waals surface area contributed by atoms with Gasteiger partial charge in [0.25, 0.3) is 0 Å². The molecule has 0 amide bonds. The van der Waals surface area contributed by atoms with Crippen molar-refractivity contribution in [2.75, 3.05) is 12.4 Å². The largest absolute Gasteiger partial charge is 0.505 e. The van der Waals surface area contributed by atoms with Gasteiger partial charge in [0.05, 0.1) is 24.0 Å². The Bertz CT molecular complexity index is 661. The molecule has 0 saturated heterocycles. The van der Waals surface area contributed by atoms with Crippen molar-refractivity contribution in [2.45, 2.75) is 37.8 Å². The number of methoxy groups -OCH3 is 1. The third kappa shape index (κ3) is 2.63. The summed E-state index contributed by atoms with van der Waals surface area (Å²) >= 11 is 1.11. The zero-order valence-corrected chi connectivity index (χ0v) is 12.4. The van der Waals surface area contributed by atoms with Crippen molar-refractivity contribution in [3.05, 3.63) is 11.9 Å². The number of phenols is 1. The summed E-state index contributed by atoms with van der Waals surface area (Å²) in [6.45, 7) is 0. The summed E-state index contributed by atoms with van der Waals surface area (Å²) in [5.74, 6) is -0.815. The fourth-order valence-corrected chi connectivity index (χ4v) is 3.64. The Labute approximate surface area is 125 Å². The molecule has 0 spiro atoms.